The van der Waals surface area contributed by atoms with Crippen LogP contribution in [0.15, 0.2) is 12.3 Å². The first-order chi connectivity index (χ1) is 8.85. The summed E-state index contributed by atoms with van der Waals surface area (Å²) in [5.74, 6) is -0.504. The van der Waals surface area contributed by atoms with E-state index in [2.05, 4.69) is 10.6 Å². The Kier molecular flexibility index (Phi) is 4.97. The standard InChI is InChI=1S/C13H22N4O2/c1-5-17-7-10(14)6-11(17)13(19)16-9(4)12(18)15-8(2)3/h6-9H,5,14H2,1-4H3,(H,15,18)(H,16,19). The van der Waals surface area contributed by atoms with Gasteiger partial charge in [-0.25, -0.2) is 0 Å². The number of hydrogen-bond donors (Lipinski definition) is 3. The predicted molar refractivity (Wildman–Crippen MR) is 74.7 cm³/mol. The van der Waals surface area contributed by atoms with Crippen molar-refractivity contribution >= 4 is 17.5 Å². The number of nitrogens with two attached hydrogens (primary N) is 1. The molecule has 6 heteroatoms. The summed E-state index contributed by atoms with van der Waals surface area (Å²) in [6.45, 7) is 7.96. The van der Waals surface area contributed by atoms with Crippen LogP contribution in [0, 0.1) is 0 Å². The molecule has 6 nitrogen and oxygen atoms in total. The van der Waals surface area contributed by atoms with E-state index >= 15 is 0 Å². The van der Waals surface area contributed by atoms with Crippen molar-refractivity contribution in [3.63, 3.8) is 0 Å². The molecule has 0 saturated carbocycles. The van der Waals surface area contributed by atoms with E-state index in [1.807, 2.05) is 20.8 Å². The molecule has 4 N–H and O–H groups in total. The van der Waals surface area contributed by atoms with Crippen LogP contribution in [-0.2, 0) is 11.3 Å². The fraction of sp³-hybridized carbons (Fsp3) is 0.538. The van der Waals surface area contributed by atoms with Crippen molar-refractivity contribution in [1.29, 1.82) is 0 Å². The molecule has 1 aromatic heterocycles. The SMILES string of the molecule is CCn1cc(N)cc1C(=O)NC(C)C(=O)NC(C)C. The van der Waals surface area contributed by atoms with Crippen LogP contribution in [0.2, 0.25) is 0 Å². The van der Waals surface area contributed by atoms with Crippen LogP contribution in [0.25, 0.3) is 0 Å². The third-order valence-electron chi connectivity index (χ3n) is 2.66. The Bertz CT molecular complexity index is 465. The minimum atomic E-state index is -0.587. The Hall–Kier alpha value is -1.98. The summed E-state index contributed by atoms with van der Waals surface area (Å²) in [6.07, 6.45) is 1.70. The van der Waals surface area contributed by atoms with Crippen molar-refractivity contribution in [2.24, 2.45) is 0 Å². The Labute approximate surface area is 113 Å². The summed E-state index contributed by atoms with van der Waals surface area (Å²) in [6, 6.07) is 1.06. The van der Waals surface area contributed by atoms with Crippen molar-refractivity contribution < 1.29 is 9.59 Å². The molecule has 106 valence electrons. The van der Waals surface area contributed by atoms with Gasteiger partial charge in [0.15, 0.2) is 0 Å². The number of nitrogens with zero attached hydrogens (tertiary/aromatic N) is 1. The number of anilines is 1. The van der Waals surface area contributed by atoms with Crippen molar-refractivity contribution in [3.8, 4) is 0 Å². The molecule has 1 heterocycles. The van der Waals surface area contributed by atoms with E-state index in [9.17, 15) is 9.59 Å². The summed E-state index contributed by atoms with van der Waals surface area (Å²) >= 11 is 0. The van der Waals surface area contributed by atoms with Gasteiger partial charge in [0.05, 0.1) is 5.69 Å². The molecule has 0 radical (unpaired) electrons. The second-order valence-electron chi connectivity index (χ2n) is 4.80. The molecule has 0 aromatic carbocycles. The van der Waals surface area contributed by atoms with Gasteiger partial charge in [0.1, 0.15) is 11.7 Å². The predicted octanol–water partition coefficient (Wildman–Crippen LogP) is 0.733. The number of hydrogen-bond acceptors (Lipinski definition) is 3. The highest BCUT2D eigenvalue weighted by molar-refractivity contribution is 5.97. The number of nitrogen functional groups attached to an aromatic ring is 1. The number of aryl methyl sites for hydroxylation is 1. The van der Waals surface area contributed by atoms with Crippen LogP contribution in [0.5, 0.6) is 0 Å². The van der Waals surface area contributed by atoms with Gasteiger partial charge in [0, 0.05) is 18.8 Å². The Morgan fingerprint density at radius 1 is 1.32 bits per heavy atom. The number of rotatable bonds is 5. The Balaban J connectivity index is 2.71. The van der Waals surface area contributed by atoms with Gasteiger partial charge in [-0.05, 0) is 33.8 Å². The third-order valence-corrected chi connectivity index (χ3v) is 2.66. The van der Waals surface area contributed by atoms with E-state index in [0.717, 1.165) is 0 Å². The van der Waals surface area contributed by atoms with E-state index in [0.29, 0.717) is 17.9 Å². The highest BCUT2D eigenvalue weighted by Crippen LogP contribution is 2.10. The summed E-state index contributed by atoms with van der Waals surface area (Å²) in [4.78, 5) is 23.8. The molecular weight excluding hydrogens is 244 g/mol. The van der Waals surface area contributed by atoms with Gasteiger partial charge in [-0.3, -0.25) is 9.59 Å². The average molecular weight is 266 g/mol. The van der Waals surface area contributed by atoms with Crippen LogP contribution in [0.3, 0.4) is 0 Å². The van der Waals surface area contributed by atoms with Crippen LogP contribution < -0.4 is 16.4 Å². The second kappa shape index (κ2) is 6.26. The highest BCUT2D eigenvalue weighted by atomic mass is 16.2. The zero-order chi connectivity index (χ0) is 14.6. The van der Waals surface area contributed by atoms with Gasteiger partial charge in [0.2, 0.25) is 5.91 Å². The molecule has 1 rings (SSSR count). The van der Waals surface area contributed by atoms with Gasteiger partial charge in [-0.1, -0.05) is 0 Å². The molecule has 1 atom stereocenters. The molecule has 2 amide bonds. The minimum Gasteiger partial charge on any atom is -0.397 e. The number of nitrogens with one attached hydrogen (secondary N) is 2. The van der Waals surface area contributed by atoms with Crippen molar-refractivity contribution in [2.45, 2.75) is 46.3 Å². The minimum absolute atomic E-state index is 0.0435. The number of aromatic nitrogens is 1. The maximum absolute atomic E-state index is 12.1. The van der Waals surface area contributed by atoms with E-state index in [4.69, 9.17) is 5.73 Å². The van der Waals surface area contributed by atoms with Gasteiger partial charge >= 0.3 is 0 Å². The zero-order valence-corrected chi connectivity index (χ0v) is 11.9. The lowest BCUT2D eigenvalue weighted by atomic mass is 10.2. The highest BCUT2D eigenvalue weighted by Gasteiger charge is 2.19. The fourth-order valence-electron chi connectivity index (χ4n) is 1.73. The molecule has 0 saturated heterocycles. The summed E-state index contributed by atoms with van der Waals surface area (Å²) < 4.78 is 1.75. The van der Waals surface area contributed by atoms with Crippen LogP contribution in [0.1, 0.15) is 38.2 Å². The average Bonchev–Trinajstić information content (AvgIpc) is 2.69. The molecule has 0 fully saturated rings. The maximum Gasteiger partial charge on any atom is 0.268 e. The van der Waals surface area contributed by atoms with Gasteiger partial charge in [-0.2, -0.15) is 0 Å². The lowest BCUT2D eigenvalue weighted by Crippen LogP contribution is -2.47. The lowest BCUT2D eigenvalue weighted by molar-refractivity contribution is -0.123. The first-order valence-electron chi connectivity index (χ1n) is 6.42. The molecule has 1 unspecified atom stereocenters. The van der Waals surface area contributed by atoms with E-state index in [-0.39, 0.29) is 17.9 Å². The van der Waals surface area contributed by atoms with E-state index < -0.39 is 6.04 Å². The molecule has 1 aromatic rings. The number of amides is 2. The fourth-order valence-corrected chi connectivity index (χ4v) is 1.73. The third kappa shape index (κ3) is 4.01. The molecular formula is C13H22N4O2. The quantitative estimate of drug-likeness (QED) is 0.734. The first kappa shape index (κ1) is 15.1. The first-order valence-corrected chi connectivity index (χ1v) is 6.42. The number of carbonyl (C=O) groups excluding carboxylic acids is 2. The summed E-state index contributed by atoms with van der Waals surface area (Å²) in [7, 11) is 0. The topological polar surface area (TPSA) is 89.2 Å². The van der Waals surface area contributed by atoms with Gasteiger partial charge in [-0.15, -0.1) is 0 Å². The van der Waals surface area contributed by atoms with Crippen molar-refractivity contribution in [2.75, 3.05) is 5.73 Å². The van der Waals surface area contributed by atoms with Crippen molar-refractivity contribution in [1.82, 2.24) is 15.2 Å². The molecule has 0 bridgehead atoms. The molecule has 0 aliphatic rings. The molecule has 0 aliphatic carbocycles. The summed E-state index contributed by atoms with van der Waals surface area (Å²) in [5.41, 5.74) is 6.66. The lowest BCUT2D eigenvalue weighted by Gasteiger charge is -2.16. The summed E-state index contributed by atoms with van der Waals surface area (Å²) in [5, 5.41) is 5.41. The van der Waals surface area contributed by atoms with E-state index in [1.54, 1.807) is 23.8 Å². The largest absolute Gasteiger partial charge is 0.397 e. The second-order valence-corrected chi connectivity index (χ2v) is 4.80. The normalized spacial score (nSPS) is 12.3. The molecule has 0 aliphatic heterocycles. The van der Waals surface area contributed by atoms with E-state index in [1.165, 1.54) is 0 Å². The molecule has 0 spiro atoms. The molecule has 19 heavy (non-hydrogen) atoms. The van der Waals surface area contributed by atoms with Gasteiger partial charge in [0.25, 0.3) is 5.91 Å². The monoisotopic (exact) mass is 266 g/mol. The van der Waals surface area contributed by atoms with Crippen molar-refractivity contribution in [3.05, 3.63) is 18.0 Å². The van der Waals surface area contributed by atoms with Gasteiger partial charge < -0.3 is 20.9 Å². The zero-order valence-electron chi connectivity index (χ0n) is 11.9. The van der Waals surface area contributed by atoms with Crippen LogP contribution in [-0.4, -0.2) is 28.5 Å². The number of carbonyl (C=O) groups is 2. The van der Waals surface area contributed by atoms with Crippen LogP contribution >= 0.6 is 0 Å². The smallest absolute Gasteiger partial charge is 0.268 e. The Morgan fingerprint density at radius 2 is 1.95 bits per heavy atom. The Morgan fingerprint density at radius 3 is 2.47 bits per heavy atom. The maximum atomic E-state index is 12.1. The van der Waals surface area contributed by atoms with Crippen LogP contribution in [0.4, 0.5) is 5.69 Å².